The molecule has 0 heterocycles. The molecule has 12 heavy (non-hydrogen) atoms. The van der Waals surface area contributed by atoms with Crippen LogP contribution in [-0.2, 0) is 0 Å². The van der Waals surface area contributed by atoms with Crippen LogP contribution >= 0.6 is 0 Å². The zero-order valence-electron chi connectivity index (χ0n) is 7.78. The van der Waals surface area contributed by atoms with Crippen molar-refractivity contribution >= 4 is 0 Å². The van der Waals surface area contributed by atoms with Crippen LogP contribution in [0.4, 0.5) is 0 Å². The highest BCUT2D eigenvalue weighted by molar-refractivity contribution is 5.19. The summed E-state index contributed by atoms with van der Waals surface area (Å²) in [6.45, 7) is 6.06. The fourth-order valence-electron chi connectivity index (χ4n) is 2.15. The van der Waals surface area contributed by atoms with Gasteiger partial charge in [-0.15, -0.1) is 0 Å². The lowest BCUT2D eigenvalue weighted by Gasteiger charge is -2.03. The summed E-state index contributed by atoms with van der Waals surface area (Å²) in [6, 6.07) is 1.97. The van der Waals surface area contributed by atoms with Crippen molar-refractivity contribution in [2.45, 2.75) is 26.9 Å². The van der Waals surface area contributed by atoms with E-state index in [2.05, 4.69) is 13.8 Å². The van der Waals surface area contributed by atoms with E-state index < -0.39 is 0 Å². The van der Waals surface area contributed by atoms with Gasteiger partial charge in [0.25, 0.3) is 0 Å². The molecule has 0 amide bonds. The van der Waals surface area contributed by atoms with E-state index in [1.54, 1.807) is 0 Å². The van der Waals surface area contributed by atoms with Crippen molar-refractivity contribution in [3.63, 3.8) is 0 Å². The van der Waals surface area contributed by atoms with E-state index in [0.29, 0.717) is 11.8 Å². The predicted molar refractivity (Wildman–Crippen MR) is 47.2 cm³/mol. The lowest BCUT2D eigenvalue weighted by atomic mass is 10.1. The van der Waals surface area contributed by atoms with E-state index in [9.17, 15) is 5.11 Å². The minimum atomic E-state index is -0.270. The minimum absolute atomic E-state index is 0.168. The van der Waals surface area contributed by atoms with Gasteiger partial charge < -0.3 is 5.11 Å². The zero-order chi connectivity index (χ0) is 9.35. The van der Waals surface area contributed by atoms with Crippen LogP contribution < -0.4 is 0 Å². The lowest BCUT2D eigenvalue weighted by molar-refractivity contribution is 0.154. The summed E-state index contributed by atoms with van der Waals surface area (Å²) in [5.74, 6) is 0.694. The third kappa shape index (κ3) is 1.37. The molecule has 0 radical (unpaired) electrons. The molecule has 1 saturated carbocycles. The van der Waals surface area contributed by atoms with Crippen molar-refractivity contribution in [3.8, 4) is 6.07 Å². The molecule has 2 nitrogen and oxygen atoms in total. The number of hydrogen-bond acceptors (Lipinski definition) is 2. The Balaban J connectivity index is 2.62. The summed E-state index contributed by atoms with van der Waals surface area (Å²) in [4.78, 5) is 0. The van der Waals surface area contributed by atoms with Crippen LogP contribution in [0.3, 0.4) is 0 Å². The van der Waals surface area contributed by atoms with Crippen LogP contribution in [0.25, 0.3) is 0 Å². The van der Waals surface area contributed by atoms with Crippen LogP contribution in [-0.4, -0.2) is 11.2 Å². The first-order valence-corrected chi connectivity index (χ1v) is 4.26. The van der Waals surface area contributed by atoms with Gasteiger partial charge in [-0.2, -0.15) is 5.26 Å². The maximum atomic E-state index is 9.38. The SMILES string of the molecule is CC(O)C1C(C=CC#N)C1(C)C. The number of aliphatic hydroxyl groups is 1. The third-order valence-electron chi connectivity index (χ3n) is 2.89. The molecule has 1 N–H and O–H groups in total. The third-order valence-corrected chi connectivity index (χ3v) is 2.89. The Labute approximate surface area is 73.5 Å². The Hall–Kier alpha value is -0.810. The van der Waals surface area contributed by atoms with Crippen molar-refractivity contribution in [2.24, 2.45) is 17.3 Å². The van der Waals surface area contributed by atoms with Crippen molar-refractivity contribution in [2.75, 3.05) is 0 Å². The summed E-state index contributed by atoms with van der Waals surface area (Å²) in [5.41, 5.74) is 0.168. The highest BCUT2D eigenvalue weighted by Gasteiger charge is 2.58. The molecule has 2 heteroatoms. The molecule has 66 valence electrons. The Bertz CT molecular complexity index is 235. The maximum absolute atomic E-state index is 9.38. The van der Waals surface area contributed by atoms with Gasteiger partial charge in [0.05, 0.1) is 12.2 Å². The zero-order valence-corrected chi connectivity index (χ0v) is 7.78. The smallest absolute Gasteiger partial charge is 0.0908 e. The molecule has 3 unspecified atom stereocenters. The molecule has 0 spiro atoms. The lowest BCUT2D eigenvalue weighted by Crippen LogP contribution is -2.07. The Morgan fingerprint density at radius 3 is 2.50 bits per heavy atom. The number of rotatable bonds is 2. The molecule has 0 aromatic rings. The Kier molecular flexibility index (Phi) is 2.25. The minimum Gasteiger partial charge on any atom is -0.393 e. The van der Waals surface area contributed by atoms with Crippen molar-refractivity contribution < 1.29 is 5.11 Å². The van der Waals surface area contributed by atoms with Gasteiger partial charge in [-0.1, -0.05) is 19.9 Å². The molecular formula is C10H15NO. The van der Waals surface area contributed by atoms with Gasteiger partial charge in [0, 0.05) is 6.08 Å². The standard InChI is InChI=1S/C10H15NO/c1-7(12)9-8(5-4-6-11)10(9,2)3/h4-5,7-9,12H,1-3H3. The number of allylic oxidation sites excluding steroid dienone is 2. The monoisotopic (exact) mass is 165 g/mol. The van der Waals surface area contributed by atoms with Gasteiger partial charge in [-0.25, -0.2) is 0 Å². The summed E-state index contributed by atoms with van der Waals surface area (Å²) >= 11 is 0. The van der Waals surface area contributed by atoms with Gasteiger partial charge in [0.15, 0.2) is 0 Å². The van der Waals surface area contributed by atoms with Gasteiger partial charge in [-0.05, 0) is 24.2 Å². The summed E-state index contributed by atoms with van der Waals surface area (Å²) in [5, 5.41) is 17.7. The van der Waals surface area contributed by atoms with Gasteiger partial charge in [-0.3, -0.25) is 0 Å². The largest absolute Gasteiger partial charge is 0.393 e. The van der Waals surface area contributed by atoms with E-state index in [1.807, 2.05) is 19.1 Å². The van der Waals surface area contributed by atoms with E-state index in [4.69, 9.17) is 5.26 Å². The Morgan fingerprint density at radius 1 is 1.58 bits per heavy atom. The van der Waals surface area contributed by atoms with Crippen molar-refractivity contribution in [1.29, 1.82) is 5.26 Å². The first-order chi connectivity index (χ1) is 5.51. The van der Waals surface area contributed by atoms with Crippen LogP contribution in [0.5, 0.6) is 0 Å². The molecule has 3 atom stereocenters. The van der Waals surface area contributed by atoms with Crippen molar-refractivity contribution in [1.82, 2.24) is 0 Å². The van der Waals surface area contributed by atoms with Gasteiger partial charge >= 0.3 is 0 Å². The Morgan fingerprint density at radius 2 is 2.17 bits per heavy atom. The van der Waals surface area contributed by atoms with Crippen LogP contribution in [0.2, 0.25) is 0 Å². The second kappa shape index (κ2) is 2.91. The normalized spacial score (nSPS) is 34.6. The van der Waals surface area contributed by atoms with E-state index >= 15 is 0 Å². The molecule has 0 aromatic heterocycles. The average molecular weight is 165 g/mol. The molecule has 1 aliphatic rings. The van der Waals surface area contributed by atoms with Crippen LogP contribution in [0, 0.1) is 28.6 Å². The van der Waals surface area contributed by atoms with Crippen LogP contribution in [0.1, 0.15) is 20.8 Å². The number of hydrogen-bond donors (Lipinski definition) is 1. The van der Waals surface area contributed by atoms with E-state index in [1.165, 1.54) is 6.08 Å². The number of aliphatic hydroxyl groups excluding tert-OH is 1. The molecular weight excluding hydrogens is 150 g/mol. The quantitative estimate of drug-likeness (QED) is 0.633. The fraction of sp³-hybridized carbons (Fsp3) is 0.700. The topological polar surface area (TPSA) is 44.0 Å². The first-order valence-electron chi connectivity index (χ1n) is 4.26. The fourth-order valence-corrected chi connectivity index (χ4v) is 2.15. The number of nitriles is 1. The molecule has 0 bridgehead atoms. The van der Waals surface area contributed by atoms with E-state index in [0.717, 1.165) is 0 Å². The molecule has 0 saturated heterocycles. The average Bonchev–Trinajstić information content (AvgIpc) is 2.49. The second-order valence-corrected chi connectivity index (χ2v) is 4.10. The van der Waals surface area contributed by atoms with Gasteiger partial charge in [0.1, 0.15) is 0 Å². The highest BCUT2D eigenvalue weighted by atomic mass is 16.3. The highest BCUT2D eigenvalue weighted by Crippen LogP contribution is 2.60. The molecule has 1 rings (SSSR count). The second-order valence-electron chi connectivity index (χ2n) is 4.10. The molecule has 0 aliphatic heterocycles. The summed E-state index contributed by atoms with van der Waals surface area (Å²) in [6.07, 6.45) is 3.14. The summed E-state index contributed by atoms with van der Waals surface area (Å²) in [7, 11) is 0. The predicted octanol–water partition coefficient (Wildman–Crippen LogP) is 1.72. The van der Waals surface area contributed by atoms with Crippen LogP contribution in [0.15, 0.2) is 12.2 Å². The number of nitrogens with zero attached hydrogens (tertiary/aromatic N) is 1. The first kappa shape index (κ1) is 9.28. The van der Waals surface area contributed by atoms with Crippen molar-refractivity contribution in [3.05, 3.63) is 12.2 Å². The molecule has 1 fully saturated rings. The summed E-state index contributed by atoms with van der Waals surface area (Å²) < 4.78 is 0. The van der Waals surface area contributed by atoms with E-state index in [-0.39, 0.29) is 11.5 Å². The molecule has 1 aliphatic carbocycles. The molecule has 0 aromatic carbocycles. The van der Waals surface area contributed by atoms with Gasteiger partial charge in [0.2, 0.25) is 0 Å². The maximum Gasteiger partial charge on any atom is 0.0908 e.